The lowest BCUT2D eigenvalue weighted by Crippen LogP contribution is -2.35. The highest BCUT2D eigenvalue weighted by Crippen LogP contribution is 2.17. The summed E-state index contributed by atoms with van der Waals surface area (Å²) in [5.74, 6) is 0.530. The number of hydrogen-bond acceptors (Lipinski definition) is 1. The van der Waals surface area contributed by atoms with E-state index in [4.69, 9.17) is 0 Å². The van der Waals surface area contributed by atoms with Crippen molar-refractivity contribution in [1.29, 1.82) is 0 Å². The van der Waals surface area contributed by atoms with Crippen LogP contribution in [0.25, 0.3) is 0 Å². The maximum atomic E-state index is 12.8. The number of hydrogen-bond donors (Lipinski definition) is 1. The van der Waals surface area contributed by atoms with Crippen LogP contribution in [0.4, 0.5) is 4.39 Å². The lowest BCUT2D eigenvalue weighted by Gasteiger charge is -2.25. The number of benzene rings is 1. The Hall–Kier alpha value is -0.890. The van der Waals surface area contributed by atoms with Crippen molar-refractivity contribution in [3.63, 3.8) is 0 Å². The topological polar surface area (TPSA) is 12.0 Å². The predicted octanol–water partition coefficient (Wildman–Crippen LogP) is 3.39. The molecule has 0 radical (unpaired) electrons. The molecule has 0 saturated carbocycles. The number of rotatable bonds is 6. The standard InChI is InChI=1S/C14H22FN/c1-4-12(5-2)14(16-3)10-11-6-8-13(15)9-7-11/h6-9,12,14,16H,4-5,10H2,1-3H3. The SMILES string of the molecule is CCC(CC)C(Cc1ccc(F)cc1)NC. The molecule has 0 aliphatic rings. The Morgan fingerprint density at radius 2 is 1.69 bits per heavy atom. The van der Waals surface area contributed by atoms with E-state index in [2.05, 4.69) is 19.2 Å². The first-order chi connectivity index (χ1) is 7.71. The van der Waals surface area contributed by atoms with Crippen molar-refractivity contribution < 1.29 is 4.39 Å². The molecule has 1 unspecified atom stereocenters. The Labute approximate surface area is 98.1 Å². The summed E-state index contributed by atoms with van der Waals surface area (Å²) in [7, 11) is 2.01. The van der Waals surface area contributed by atoms with Crippen LogP contribution in [0, 0.1) is 11.7 Å². The van der Waals surface area contributed by atoms with E-state index >= 15 is 0 Å². The first-order valence-electron chi connectivity index (χ1n) is 6.12. The third kappa shape index (κ3) is 3.60. The third-order valence-electron chi connectivity index (χ3n) is 3.36. The fourth-order valence-electron chi connectivity index (χ4n) is 2.24. The maximum absolute atomic E-state index is 12.8. The van der Waals surface area contributed by atoms with Crippen LogP contribution in [0.5, 0.6) is 0 Å². The zero-order chi connectivity index (χ0) is 12.0. The Morgan fingerprint density at radius 3 is 2.12 bits per heavy atom. The summed E-state index contributed by atoms with van der Waals surface area (Å²) in [6.45, 7) is 4.45. The second kappa shape index (κ2) is 6.64. The van der Waals surface area contributed by atoms with E-state index in [1.165, 1.54) is 30.5 Å². The molecule has 0 spiro atoms. The molecule has 0 heterocycles. The van der Waals surface area contributed by atoms with Gasteiger partial charge in [-0.25, -0.2) is 4.39 Å². The molecule has 16 heavy (non-hydrogen) atoms. The van der Waals surface area contributed by atoms with Crippen LogP contribution in [-0.2, 0) is 6.42 Å². The zero-order valence-corrected chi connectivity index (χ0v) is 10.5. The molecule has 1 aromatic carbocycles. The lowest BCUT2D eigenvalue weighted by molar-refractivity contribution is 0.349. The van der Waals surface area contributed by atoms with Gasteiger partial charge < -0.3 is 5.32 Å². The number of halogens is 1. The Bertz CT molecular complexity index is 290. The minimum Gasteiger partial charge on any atom is -0.316 e. The van der Waals surface area contributed by atoms with Crippen molar-refractivity contribution >= 4 is 0 Å². The van der Waals surface area contributed by atoms with E-state index in [-0.39, 0.29) is 5.82 Å². The second-order valence-corrected chi connectivity index (χ2v) is 4.30. The average Bonchev–Trinajstić information content (AvgIpc) is 2.32. The molecule has 1 aromatic rings. The van der Waals surface area contributed by atoms with Crippen LogP contribution in [0.2, 0.25) is 0 Å². The molecule has 0 bridgehead atoms. The highest BCUT2D eigenvalue weighted by atomic mass is 19.1. The fourth-order valence-corrected chi connectivity index (χ4v) is 2.24. The van der Waals surface area contributed by atoms with E-state index < -0.39 is 0 Å². The molecule has 0 aliphatic carbocycles. The van der Waals surface area contributed by atoms with Gasteiger partial charge in [0.25, 0.3) is 0 Å². The summed E-state index contributed by atoms with van der Waals surface area (Å²) >= 11 is 0. The highest BCUT2D eigenvalue weighted by molar-refractivity contribution is 5.17. The van der Waals surface area contributed by atoms with Gasteiger partial charge in [0, 0.05) is 6.04 Å². The molecule has 0 aromatic heterocycles. The van der Waals surface area contributed by atoms with E-state index in [1.807, 2.05) is 19.2 Å². The van der Waals surface area contributed by atoms with E-state index in [9.17, 15) is 4.39 Å². The van der Waals surface area contributed by atoms with Gasteiger partial charge in [0.15, 0.2) is 0 Å². The monoisotopic (exact) mass is 223 g/mol. The molecule has 1 N–H and O–H groups in total. The molecule has 2 heteroatoms. The summed E-state index contributed by atoms with van der Waals surface area (Å²) in [5, 5.41) is 3.37. The quantitative estimate of drug-likeness (QED) is 0.779. The van der Waals surface area contributed by atoms with Crippen LogP contribution in [-0.4, -0.2) is 13.1 Å². The van der Waals surface area contributed by atoms with Crippen molar-refractivity contribution in [2.75, 3.05) is 7.05 Å². The van der Waals surface area contributed by atoms with Gasteiger partial charge in [-0.15, -0.1) is 0 Å². The summed E-state index contributed by atoms with van der Waals surface area (Å²) in [5.41, 5.74) is 1.20. The number of nitrogens with one attached hydrogen (secondary N) is 1. The van der Waals surface area contributed by atoms with Crippen LogP contribution in [0.15, 0.2) is 24.3 Å². The van der Waals surface area contributed by atoms with Crippen molar-refractivity contribution in [2.45, 2.75) is 39.2 Å². The molecule has 0 aliphatic heterocycles. The predicted molar refractivity (Wildman–Crippen MR) is 67.0 cm³/mol. The van der Waals surface area contributed by atoms with E-state index in [0.29, 0.717) is 12.0 Å². The lowest BCUT2D eigenvalue weighted by atomic mass is 9.89. The van der Waals surface area contributed by atoms with Crippen molar-refractivity contribution in [2.24, 2.45) is 5.92 Å². The average molecular weight is 223 g/mol. The molecule has 1 rings (SSSR count). The van der Waals surface area contributed by atoms with Gasteiger partial charge in [0.1, 0.15) is 5.82 Å². The first-order valence-corrected chi connectivity index (χ1v) is 6.12. The Balaban J connectivity index is 2.65. The van der Waals surface area contributed by atoms with Gasteiger partial charge >= 0.3 is 0 Å². The van der Waals surface area contributed by atoms with Gasteiger partial charge in [-0.05, 0) is 37.1 Å². The van der Waals surface area contributed by atoms with E-state index in [1.54, 1.807) is 0 Å². The largest absolute Gasteiger partial charge is 0.316 e. The molecule has 0 saturated heterocycles. The summed E-state index contributed by atoms with van der Waals surface area (Å²) in [4.78, 5) is 0. The van der Waals surface area contributed by atoms with Crippen LogP contribution < -0.4 is 5.32 Å². The molecular weight excluding hydrogens is 201 g/mol. The Morgan fingerprint density at radius 1 is 1.12 bits per heavy atom. The van der Waals surface area contributed by atoms with Crippen LogP contribution >= 0.6 is 0 Å². The highest BCUT2D eigenvalue weighted by Gasteiger charge is 2.16. The van der Waals surface area contributed by atoms with Gasteiger partial charge in [-0.2, -0.15) is 0 Å². The summed E-state index contributed by atoms with van der Waals surface area (Å²) < 4.78 is 12.8. The summed E-state index contributed by atoms with van der Waals surface area (Å²) in [6, 6.07) is 7.31. The molecule has 0 fully saturated rings. The van der Waals surface area contributed by atoms with Crippen molar-refractivity contribution in [3.05, 3.63) is 35.6 Å². The van der Waals surface area contributed by atoms with Gasteiger partial charge in [0.2, 0.25) is 0 Å². The molecule has 0 amide bonds. The molecule has 90 valence electrons. The number of likely N-dealkylation sites (N-methyl/N-ethyl adjacent to an activating group) is 1. The van der Waals surface area contributed by atoms with Gasteiger partial charge in [0.05, 0.1) is 0 Å². The van der Waals surface area contributed by atoms with Gasteiger partial charge in [-0.1, -0.05) is 38.8 Å². The third-order valence-corrected chi connectivity index (χ3v) is 3.36. The van der Waals surface area contributed by atoms with E-state index in [0.717, 1.165) is 6.42 Å². The normalized spacial score (nSPS) is 13.1. The minimum atomic E-state index is -0.160. The molecule has 1 atom stereocenters. The second-order valence-electron chi connectivity index (χ2n) is 4.30. The minimum absolute atomic E-state index is 0.160. The molecular formula is C14H22FN. The maximum Gasteiger partial charge on any atom is 0.123 e. The van der Waals surface area contributed by atoms with Crippen LogP contribution in [0.3, 0.4) is 0 Å². The Kier molecular flexibility index (Phi) is 5.47. The van der Waals surface area contributed by atoms with Crippen molar-refractivity contribution in [1.82, 2.24) is 5.32 Å². The van der Waals surface area contributed by atoms with Gasteiger partial charge in [-0.3, -0.25) is 0 Å². The summed E-state index contributed by atoms with van der Waals surface area (Å²) in [6.07, 6.45) is 3.34. The smallest absolute Gasteiger partial charge is 0.123 e. The zero-order valence-electron chi connectivity index (χ0n) is 10.5. The molecule has 1 nitrogen and oxygen atoms in total. The van der Waals surface area contributed by atoms with Crippen molar-refractivity contribution in [3.8, 4) is 0 Å². The van der Waals surface area contributed by atoms with Crippen LogP contribution in [0.1, 0.15) is 32.3 Å². The fraction of sp³-hybridized carbons (Fsp3) is 0.571. The first kappa shape index (κ1) is 13.2.